The summed E-state index contributed by atoms with van der Waals surface area (Å²) in [5, 5.41) is 8.03. The van der Waals surface area contributed by atoms with E-state index in [4.69, 9.17) is 4.99 Å². The lowest BCUT2D eigenvalue weighted by molar-refractivity contribution is 0.649. The fraction of sp³-hybridized carbons (Fsp3) is 0.500. The molecular weight excluding hydrogens is 342 g/mol. The molecule has 0 radical (unpaired) electrons. The number of nitrogens with one attached hydrogen (secondary N) is 2. The molecule has 0 bridgehead atoms. The molecule has 1 aromatic heterocycles. The Morgan fingerprint density at radius 2 is 2.04 bits per heavy atom. The summed E-state index contributed by atoms with van der Waals surface area (Å²) in [5.74, 6) is 0.883. The van der Waals surface area contributed by atoms with Crippen molar-refractivity contribution in [3.05, 3.63) is 45.4 Å². The van der Waals surface area contributed by atoms with Gasteiger partial charge in [0.15, 0.2) is 5.96 Å². The molecule has 1 aromatic carbocycles. The van der Waals surface area contributed by atoms with Crippen LogP contribution in [0.3, 0.4) is 0 Å². The maximum absolute atomic E-state index is 4.73. The number of anilines is 1. The zero-order valence-electron chi connectivity index (χ0n) is 16.2. The molecule has 1 aliphatic heterocycles. The second-order valence-corrected chi connectivity index (χ2v) is 8.14. The van der Waals surface area contributed by atoms with Gasteiger partial charge in [-0.2, -0.15) is 0 Å². The quantitative estimate of drug-likeness (QED) is 0.625. The van der Waals surface area contributed by atoms with E-state index in [1.165, 1.54) is 16.1 Å². The fourth-order valence-electron chi connectivity index (χ4n) is 3.14. The first-order valence-electron chi connectivity index (χ1n) is 9.34. The van der Waals surface area contributed by atoms with Crippen LogP contribution >= 0.6 is 11.3 Å². The molecule has 1 fully saturated rings. The highest BCUT2D eigenvalue weighted by molar-refractivity contribution is 7.11. The Hall–Kier alpha value is -2.08. The summed E-state index contributed by atoms with van der Waals surface area (Å²) >= 11 is 1.73. The summed E-state index contributed by atoms with van der Waals surface area (Å²) in [4.78, 5) is 13.0. The zero-order chi connectivity index (χ0) is 18.5. The van der Waals surface area contributed by atoms with Crippen molar-refractivity contribution in [3.8, 4) is 0 Å². The van der Waals surface area contributed by atoms with Gasteiger partial charge in [0.1, 0.15) is 5.01 Å². The minimum absolute atomic E-state index is 0.411. The summed E-state index contributed by atoms with van der Waals surface area (Å²) in [6.45, 7) is 12.0. The van der Waals surface area contributed by atoms with Crippen LogP contribution in [-0.2, 0) is 6.54 Å². The molecule has 3 rings (SSSR count). The molecule has 140 valence electrons. The third kappa shape index (κ3) is 4.75. The van der Waals surface area contributed by atoms with Crippen molar-refractivity contribution in [2.75, 3.05) is 24.5 Å². The summed E-state index contributed by atoms with van der Waals surface area (Å²) in [6, 6.07) is 9.20. The average Bonchev–Trinajstić information content (AvgIpc) is 3.20. The maximum atomic E-state index is 4.73. The normalized spacial score (nSPS) is 17.6. The van der Waals surface area contributed by atoms with Crippen LogP contribution in [0, 0.1) is 20.8 Å². The van der Waals surface area contributed by atoms with E-state index in [0.29, 0.717) is 12.6 Å². The second kappa shape index (κ2) is 8.54. The SMILES string of the molecule is CCNC(=NCc1nc(C)c(C)s1)NC1CCN(c2ccc(C)cc2)C1. The second-order valence-electron chi connectivity index (χ2n) is 6.86. The van der Waals surface area contributed by atoms with Crippen LogP contribution in [0.5, 0.6) is 0 Å². The van der Waals surface area contributed by atoms with Gasteiger partial charge in [-0.05, 0) is 46.2 Å². The smallest absolute Gasteiger partial charge is 0.191 e. The van der Waals surface area contributed by atoms with Gasteiger partial charge in [-0.3, -0.25) is 0 Å². The molecular formula is C20H29N5S. The molecule has 5 nitrogen and oxygen atoms in total. The molecule has 1 aliphatic rings. The lowest BCUT2D eigenvalue weighted by Gasteiger charge is -2.20. The Balaban J connectivity index is 1.59. The van der Waals surface area contributed by atoms with Crippen molar-refractivity contribution in [1.82, 2.24) is 15.6 Å². The van der Waals surface area contributed by atoms with Crippen LogP contribution in [0.4, 0.5) is 5.69 Å². The predicted octanol–water partition coefficient (Wildman–Crippen LogP) is 3.40. The lowest BCUT2D eigenvalue weighted by atomic mass is 10.2. The van der Waals surface area contributed by atoms with Gasteiger partial charge in [-0.15, -0.1) is 11.3 Å². The topological polar surface area (TPSA) is 52.6 Å². The van der Waals surface area contributed by atoms with Gasteiger partial charge >= 0.3 is 0 Å². The van der Waals surface area contributed by atoms with E-state index in [-0.39, 0.29) is 0 Å². The summed E-state index contributed by atoms with van der Waals surface area (Å²) in [7, 11) is 0. The summed E-state index contributed by atoms with van der Waals surface area (Å²) in [6.07, 6.45) is 1.12. The Morgan fingerprint density at radius 1 is 1.27 bits per heavy atom. The van der Waals surface area contributed by atoms with Gasteiger partial charge in [-0.1, -0.05) is 17.7 Å². The Morgan fingerprint density at radius 3 is 2.69 bits per heavy atom. The first-order valence-corrected chi connectivity index (χ1v) is 10.2. The number of guanidine groups is 1. The van der Waals surface area contributed by atoms with E-state index in [2.05, 4.69) is 72.5 Å². The van der Waals surface area contributed by atoms with Gasteiger partial charge in [-0.25, -0.2) is 9.98 Å². The minimum atomic E-state index is 0.411. The van der Waals surface area contributed by atoms with E-state index in [9.17, 15) is 0 Å². The monoisotopic (exact) mass is 371 g/mol. The first kappa shape index (κ1) is 18.7. The van der Waals surface area contributed by atoms with E-state index in [1.54, 1.807) is 11.3 Å². The maximum Gasteiger partial charge on any atom is 0.191 e. The largest absolute Gasteiger partial charge is 0.369 e. The van der Waals surface area contributed by atoms with Crippen molar-refractivity contribution >= 4 is 23.0 Å². The highest BCUT2D eigenvalue weighted by atomic mass is 32.1. The number of aryl methyl sites for hydroxylation is 3. The lowest BCUT2D eigenvalue weighted by Crippen LogP contribution is -2.44. The van der Waals surface area contributed by atoms with Crippen LogP contribution in [0.25, 0.3) is 0 Å². The summed E-state index contributed by atoms with van der Waals surface area (Å²) < 4.78 is 0. The number of hydrogen-bond donors (Lipinski definition) is 2. The number of rotatable bonds is 5. The van der Waals surface area contributed by atoms with Crippen LogP contribution in [-0.4, -0.2) is 36.6 Å². The predicted molar refractivity (Wildman–Crippen MR) is 111 cm³/mol. The molecule has 1 unspecified atom stereocenters. The molecule has 2 heterocycles. The molecule has 1 saturated heterocycles. The Kier molecular flexibility index (Phi) is 6.14. The molecule has 0 amide bonds. The van der Waals surface area contributed by atoms with Crippen molar-refractivity contribution in [2.24, 2.45) is 4.99 Å². The van der Waals surface area contributed by atoms with Crippen molar-refractivity contribution < 1.29 is 0 Å². The molecule has 0 saturated carbocycles. The molecule has 0 spiro atoms. The van der Waals surface area contributed by atoms with Gasteiger partial charge in [0.05, 0.1) is 12.2 Å². The number of hydrogen-bond acceptors (Lipinski definition) is 4. The van der Waals surface area contributed by atoms with Gasteiger partial charge in [0.2, 0.25) is 0 Å². The molecule has 1 atom stereocenters. The molecule has 26 heavy (non-hydrogen) atoms. The van der Waals surface area contributed by atoms with E-state index < -0.39 is 0 Å². The van der Waals surface area contributed by atoms with Crippen LogP contribution in [0.1, 0.15) is 34.5 Å². The van der Waals surface area contributed by atoms with Gasteiger partial charge in [0, 0.05) is 36.2 Å². The Labute approximate surface area is 160 Å². The Bertz CT molecular complexity index is 731. The summed E-state index contributed by atoms with van der Waals surface area (Å²) in [5.41, 5.74) is 3.72. The van der Waals surface area contributed by atoms with Crippen molar-refractivity contribution in [2.45, 2.75) is 46.7 Å². The first-order chi connectivity index (χ1) is 12.5. The third-order valence-corrected chi connectivity index (χ3v) is 5.78. The van der Waals surface area contributed by atoms with Gasteiger partial charge in [0.25, 0.3) is 0 Å². The number of thiazole rings is 1. The van der Waals surface area contributed by atoms with Crippen LogP contribution < -0.4 is 15.5 Å². The van der Waals surface area contributed by atoms with Gasteiger partial charge < -0.3 is 15.5 Å². The highest BCUT2D eigenvalue weighted by Crippen LogP contribution is 2.21. The average molecular weight is 372 g/mol. The van der Waals surface area contributed by atoms with E-state index >= 15 is 0 Å². The number of nitrogens with zero attached hydrogens (tertiary/aromatic N) is 3. The number of benzene rings is 1. The van der Waals surface area contributed by atoms with Crippen molar-refractivity contribution in [1.29, 1.82) is 0 Å². The van der Waals surface area contributed by atoms with Crippen LogP contribution in [0.15, 0.2) is 29.3 Å². The molecule has 2 N–H and O–H groups in total. The fourth-order valence-corrected chi connectivity index (χ4v) is 3.99. The molecule has 2 aromatic rings. The zero-order valence-corrected chi connectivity index (χ0v) is 17.0. The number of aromatic nitrogens is 1. The standard InChI is InChI=1S/C20H29N5S/c1-5-21-20(22-12-19-23-15(3)16(4)26-19)24-17-10-11-25(13-17)18-8-6-14(2)7-9-18/h6-9,17H,5,10-13H2,1-4H3,(H2,21,22,24). The highest BCUT2D eigenvalue weighted by Gasteiger charge is 2.23. The minimum Gasteiger partial charge on any atom is -0.369 e. The molecule has 6 heteroatoms. The van der Waals surface area contributed by atoms with E-state index in [0.717, 1.165) is 42.7 Å². The molecule has 0 aliphatic carbocycles. The van der Waals surface area contributed by atoms with Crippen molar-refractivity contribution in [3.63, 3.8) is 0 Å². The van der Waals surface area contributed by atoms with Crippen LogP contribution in [0.2, 0.25) is 0 Å². The third-order valence-electron chi connectivity index (χ3n) is 4.72. The van der Waals surface area contributed by atoms with E-state index in [1.807, 2.05) is 0 Å². The number of aliphatic imine (C=N–C) groups is 1.